The van der Waals surface area contributed by atoms with Crippen LogP contribution in [0.5, 0.6) is 5.75 Å². The van der Waals surface area contributed by atoms with E-state index in [9.17, 15) is 0 Å². The van der Waals surface area contributed by atoms with Gasteiger partial charge in [0.2, 0.25) is 0 Å². The number of hydrogen-bond acceptors (Lipinski definition) is 3. The first-order chi connectivity index (χ1) is 10.1. The quantitative estimate of drug-likeness (QED) is 0.886. The molecule has 1 aromatic rings. The second-order valence-electron chi connectivity index (χ2n) is 5.88. The molecule has 0 spiro atoms. The summed E-state index contributed by atoms with van der Waals surface area (Å²) < 4.78 is 5.38. The minimum absolute atomic E-state index is 0.207. The highest BCUT2D eigenvalue weighted by molar-refractivity contribution is 6.32. The number of nitrogens with one attached hydrogen (secondary N) is 1. The van der Waals surface area contributed by atoms with Gasteiger partial charge in [-0.1, -0.05) is 32.4 Å². The Morgan fingerprint density at radius 1 is 1.33 bits per heavy atom. The van der Waals surface area contributed by atoms with E-state index in [0.29, 0.717) is 11.1 Å². The predicted octanol–water partition coefficient (Wildman–Crippen LogP) is 4.10. The molecule has 0 bridgehead atoms. The highest BCUT2D eigenvalue weighted by atomic mass is 35.5. The molecule has 1 fully saturated rings. The summed E-state index contributed by atoms with van der Waals surface area (Å²) in [5, 5.41) is 4.44. The molecule has 1 saturated heterocycles. The Morgan fingerprint density at radius 2 is 2.05 bits per heavy atom. The number of nitrogens with zero attached hydrogens (tertiary/aromatic N) is 1. The van der Waals surface area contributed by atoms with Gasteiger partial charge in [0.25, 0.3) is 0 Å². The third kappa shape index (κ3) is 3.29. The van der Waals surface area contributed by atoms with Crippen LogP contribution >= 0.6 is 11.6 Å². The van der Waals surface area contributed by atoms with Crippen molar-refractivity contribution in [1.29, 1.82) is 0 Å². The monoisotopic (exact) mass is 310 g/mol. The predicted molar refractivity (Wildman–Crippen MR) is 90.7 cm³/mol. The Hall–Kier alpha value is -0.930. The average Bonchev–Trinajstić information content (AvgIpc) is 2.54. The summed E-state index contributed by atoms with van der Waals surface area (Å²) in [5.74, 6) is 0.751. The molecule has 1 aliphatic heterocycles. The third-order valence-electron chi connectivity index (χ3n) is 4.92. The van der Waals surface area contributed by atoms with E-state index in [1.807, 2.05) is 6.07 Å². The van der Waals surface area contributed by atoms with Crippen molar-refractivity contribution in [3.8, 4) is 5.75 Å². The Kier molecular flexibility index (Phi) is 5.39. The molecule has 1 unspecified atom stereocenters. The van der Waals surface area contributed by atoms with Crippen molar-refractivity contribution in [1.82, 2.24) is 5.32 Å². The fourth-order valence-electron chi connectivity index (χ4n) is 3.17. The molecule has 1 aromatic carbocycles. The zero-order chi connectivity index (χ0) is 15.5. The first-order valence-corrected chi connectivity index (χ1v) is 8.32. The smallest absolute Gasteiger partial charge is 0.139 e. The lowest BCUT2D eigenvalue weighted by atomic mass is 9.87. The lowest BCUT2D eigenvalue weighted by Crippen LogP contribution is -2.64. The molecule has 1 atom stereocenters. The van der Waals surface area contributed by atoms with Crippen LogP contribution in [0.4, 0.5) is 5.69 Å². The van der Waals surface area contributed by atoms with E-state index in [1.54, 1.807) is 7.11 Å². The normalized spacial score (nSPS) is 21.4. The summed E-state index contributed by atoms with van der Waals surface area (Å²) in [6.45, 7) is 8.84. The fourth-order valence-corrected chi connectivity index (χ4v) is 3.37. The SMILES string of the molecule is CCC1CNC(CC)(CC)CN1c1ccc(Cl)c(OC)c1. The molecule has 1 aliphatic rings. The van der Waals surface area contributed by atoms with Crippen molar-refractivity contribution in [2.75, 3.05) is 25.1 Å². The Bertz CT molecular complexity index is 474. The molecule has 21 heavy (non-hydrogen) atoms. The van der Waals surface area contributed by atoms with E-state index in [4.69, 9.17) is 16.3 Å². The van der Waals surface area contributed by atoms with Gasteiger partial charge in [-0.3, -0.25) is 0 Å². The zero-order valence-electron chi connectivity index (χ0n) is 13.6. The van der Waals surface area contributed by atoms with Crippen LogP contribution in [0, 0.1) is 0 Å². The molecule has 1 heterocycles. The fraction of sp³-hybridized carbons (Fsp3) is 0.647. The number of rotatable bonds is 5. The van der Waals surface area contributed by atoms with E-state index < -0.39 is 0 Å². The van der Waals surface area contributed by atoms with Gasteiger partial charge in [0.15, 0.2) is 0 Å². The molecule has 0 aliphatic carbocycles. The molecule has 3 nitrogen and oxygen atoms in total. The minimum Gasteiger partial charge on any atom is -0.495 e. The van der Waals surface area contributed by atoms with Gasteiger partial charge in [0, 0.05) is 36.4 Å². The first-order valence-electron chi connectivity index (χ1n) is 7.94. The zero-order valence-corrected chi connectivity index (χ0v) is 14.3. The Labute approximate surface area is 133 Å². The number of benzene rings is 1. The number of methoxy groups -OCH3 is 1. The summed E-state index contributed by atoms with van der Waals surface area (Å²) in [6.07, 6.45) is 3.41. The van der Waals surface area contributed by atoms with Crippen molar-refractivity contribution in [3.63, 3.8) is 0 Å². The van der Waals surface area contributed by atoms with E-state index in [0.717, 1.165) is 38.1 Å². The second-order valence-corrected chi connectivity index (χ2v) is 6.28. The van der Waals surface area contributed by atoms with E-state index >= 15 is 0 Å². The lowest BCUT2D eigenvalue weighted by Gasteiger charge is -2.48. The number of ether oxygens (including phenoxy) is 1. The van der Waals surface area contributed by atoms with Crippen molar-refractivity contribution in [3.05, 3.63) is 23.2 Å². The van der Waals surface area contributed by atoms with Crippen LogP contribution in [0.1, 0.15) is 40.0 Å². The summed E-state index contributed by atoms with van der Waals surface area (Å²) in [6, 6.07) is 6.62. The summed E-state index contributed by atoms with van der Waals surface area (Å²) >= 11 is 6.16. The molecule has 4 heteroatoms. The van der Waals surface area contributed by atoms with Crippen molar-refractivity contribution >= 4 is 17.3 Å². The van der Waals surface area contributed by atoms with Crippen LogP contribution < -0.4 is 15.0 Å². The Balaban J connectivity index is 2.33. The van der Waals surface area contributed by atoms with Crippen LogP contribution in [0.15, 0.2) is 18.2 Å². The molecule has 0 amide bonds. The highest BCUT2D eigenvalue weighted by Gasteiger charge is 2.36. The molecule has 0 aromatic heterocycles. The summed E-state index contributed by atoms with van der Waals surface area (Å²) in [7, 11) is 1.67. The maximum absolute atomic E-state index is 6.16. The van der Waals surface area contributed by atoms with Crippen LogP contribution in [-0.4, -0.2) is 31.8 Å². The molecular weight excluding hydrogens is 284 g/mol. The standard InChI is InChI=1S/C17H27ClN2O/c1-5-13-11-19-17(6-2,7-3)12-20(13)14-8-9-15(18)16(10-14)21-4/h8-10,13,19H,5-7,11-12H2,1-4H3. The highest BCUT2D eigenvalue weighted by Crippen LogP contribution is 2.33. The molecular formula is C17H27ClN2O. The Morgan fingerprint density at radius 3 is 2.62 bits per heavy atom. The van der Waals surface area contributed by atoms with Crippen molar-refractivity contribution in [2.45, 2.75) is 51.6 Å². The third-order valence-corrected chi connectivity index (χ3v) is 5.23. The summed E-state index contributed by atoms with van der Waals surface area (Å²) in [4.78, 5) is 2.52. The van der Waals surface area contributed by atoms with Crippen molar-refractivity contribution < 1.29 is 4.74 Å². The number of piperazine rings is 1. The van der Waals surface area contributed by atoms with Gasteiger partial charge in [-0.05, 0) is 31.4 Å². The van der Waals surface area contributed by atoms with Crippen LogP contribution in [0.25, 0.3) is 0 Å². The average molecular weight is 311 g/mol. The topological polar surface area (TPSA) is 24.5 Å². The summed E-state index contributed by atoms with van der Waals surface area (Å²) in [5.41, 5.74) is 1.41. The largest absolute Gasteiger partial charge is 0.495 e. The van der Waals surface area contributed by atoms with Gasteiger partial charge in [0.1, 0.15) is 5.75 Å². The van der Waals surface area contributed by atoms with Crippen molar-refractivity contribution in [2.24, 2.45) is 0 Å². The van der Waals surface area contributed by atoms with Gasteiger partial charge in [-0.25, -0.2) is 0 Å². The minimum atomic E-state index is 0.207. The van der Waals surface area contributed by atoms with Gasteiger partial charge < -0.3 is 15.0 Å². The van der Waals surface area contributed by atoms with E-state index in [1.165, 1.54) is 5.69 Å². The first kappa shape index (κ1) is 16.4. The van der Waals surface area contributed by atoms with Crippen LogP contribution in [0.2, 0.25) is 5.02 Å². The maximum Gasteiger partial charge on any atom is 0.139 e. The van der Waals surface area contributed by atoms with Crippen LogP contribution in [0.3, 0.4) is 0 Å². The molecule has 0 radical (unpaired) electrons. The van der Waals surface area contributed by atoms with E-state index in [-0.39, 0.29) is 5.54 Å². The molecule has 118 valence electrons. The van der Waals surface area contributed by atoms with Crippen LogP contribution in [-0.2, 0) is 0 Å². The second kappa shape index (κ2) is 6.89. The number of anilines is 1. The maximum atomic E-state index is 6.16. The lowest BCUT2D eigenvalue weighted by molar-refractivity contribution is 0.246. The molecule has 0 saturated carbocycles. The van der Waals surface area contributed by atoms with Gasteiger partial charge in [-0.15, -0.1) is 0 Å². The van der Waals surface area contributed by atoms with Gasteiger partial charge in [-0.2, -0.15) is 0 Å². The van der Waals surface area contributed by atoms with Gasteiger partial charge in [0.05, 0.1) is 12.1 Å². The van der Waals surface area contributed by atoms with Gasteiger partial charge >= 0.3 is 0 Å². The molecule has 2 rings (SSSR count). The van der Waals surface area contributed by atoms with E-state index in [2.05, 4.69) is 43.1 Å². The molecule has 1 N–H and O–H groups in total. The number of halogens is 1. The number of hydrogen-bond donors (Lipinski definition) is 1.